The van der Waals surface area contributed by atoms with Crippen molar-refractivity contribution in [2.45, 2.75) is 20.0 Å². The van der Waals surface area contributed by atoms with Crippen molar-refractivity contribution in [3.05, 3.63) is 0 Å². The van der Waals surface area contributed by atoms with Gasteiger partial charge in [-0.1, -0.05) is 0 Å². The summed E-state index contributed by atoms with van der Waals surface area (Å²) in [6, 6.07) is 0. The first kappa shape index (κ1) is 8.39. The summed E-state index contributed by atoms with van der Waals surface area (Å²) < 4.78 is 0. The first-order valence-corrected chi connectivity index (χ1v) is 2.69. The molecule has 0 saturated heterocycles. The number of aliphatic hydroxyl groups is 1. The van der Waals surface area contributed by atoms with Crippen molar-refractivity contribution in [3.8, 4) is 0 Å². The minimum atomic E-state index is -1.11. The van der Waals surface area contributed by atoms with Crippen molar-refractivity contribution >= 4 is 5.97 Å². The summed E-state index contributed by atoms with van der Waals surface area (Å²) in [5.41, 5.74) is 0. The van der Waals surface area contributed by atoms with E-state index in [1.54, 1.807) is 6.92 Å². The predicted octanol–water partition coefficient (Wildman–Crippen LogP) is -0.138. The standard InChI is InChI=1S/C5H10O4/c1-3-8-9-5(7)4(2)6/h4,6H,3H2,1-2H3. The van der Waals surface area contributed by atoms with Crippen molar-refractivity contribution < 1.29 is 19.7 Å². The molecule has 0 heterocycles. The minimum absolute atomic E-state index is 0.290. The second-order valence-electron chi connectivity index (χ2n) is 1.48. The summed E-state index contributed by atoms with van der Waals surface area (Å²) in [4.78, 5) is 18.6. The van der Waals surface area contributed by atoms with Gasteiger partial charge in [-0.05, 0) is 13.8 Å². The molecule has 0 aromatic carbocycles. The molecular weight excluding hydrogens is 124 g/mol. The highest BCUT2D eigenvalue weighted by Gasteiger charge is 2.09. The molecule has 0 amide bonds. The van der Waals surface area contributed by atoms with Gasteiger partial charge in [0.2, 0.25) is 0 Å². The average molecular weight is 134 g/mol. The van der Waals surface area contributed by atoms with Gasteiger partial charge < -0.3 is 5.11 Å². The van der Waals surface area contributed by atoms with E-state index >= 15 is 0 Å². The molecule has 1 atom stereocenters. The van der Waals surface area contributed by atoms with Crippen molar-refractivity contribution in [1.29, 1.82) is 0 Å². The Labute approximate surface area is 53.3 Å². The van der Waals surface area contributed by atoms with Crippen LogP contribution in [0.1, 0.15) is 13.8 Å². The van der Waals surface area contributed by atoms with Gasteiger partial charge in [0.15, 0.2) is 6.10 Å². The second-order valence-corrected chi connectivity index (χ2v) is 1.48. The van der Waals surface area contributed by atoms with Crippen LogP contribution >= 0.6 is 0 Å². The lowest BCUT2D eigenvalue weighted by Gasteiger charge is -2.01. The zero-order chi connectivity index (χ0) is 7.28. The Morgan fingerprint density at radius 2 is 2.33 bits per heavy atom. The molecule has 0 saturated carbocycles. The van der Waals surface area contributed by atoms with E-state index in [9.17, 15) is 4.79 Å². The molecule has 0 aromatic heterocycles. The van der Waals surface area contributed by atoms with Crippen molar-refractivity contribution in [2.75, 3.05) is 6.61 Å². The molecule has 0 spiro atoms. The van der Waals surface area contributed by atoms with Gasteiger partial charge in [-0.2, -0.15) is 4.89 Å². The molecule has 0 rings (SSSR count). The molecule has 0 aliphatic carbocycles. The maximum atomic E-state index is 10.3. The molecule has 9 heavy (non-hydrogen) atoms. The topological polar surface area (TPSA) is 55.8 Å². The summed E-state index contributed by atoms with van der Waals surface area (Å²) in [7, 11) is 0. The van der Waals surface area contributed by atoms with Crippen molar-refractivity contribution in [1.82, 2.24) is 0 Å². The van der Waals surface area contributed by atoms with E-state index in [-0.39, 0.29) is 0 Å². The van der Waals surface area contributed by atoms with E-state index < -0.39 is 12.1 Å². The highest BCUT2D eigenvalue weighted by molar-refractivity contribution is 5.73. The number of hydrogen-bond acceptors (Lipinski definition) is 4. The molecule has 0 bridgehead atoms. The smallest absolute Gasteiger partial charge is 0.370 e. The Balaban J connectivity index is 3.28. The van der Waals surface area contributed by atoms with Crippen LogP contribution in [0.5, 0.6) is 0 Å². The molecule has 0 fully saturated rings. The Hall–Kier alpha value is -0.610. The van der Waals surface area contributed by atoms with Gasteiger partial charge in [-0.3, -0.25) is 4.89 Å². The highest BCUT2D eigenvalue weighted by Crippen LogP contribution is 1.86. The molecular formula is C5H10O4. The van der Waals surface area contributed by atoms with Crippen LogP contribution in [0, 0.1) is 0 Å². The predicted molar refractivity (Wildman–Crippen MR) is 29.4 cm³/mol. The number of aliphatic hydroxyl groups excluding tert-OH is 1. The number of rotatable bonds is 3. The third-order valence-electron chi connectivity index (χ3n) is 0.600. The Kier molecular flexibility index (Phi) is 4.00. The van der Waals surface area contributed by atoms with Crippen LogP contribution in [-0.2, 0) is 14.6 Å². The van der Waals surface area contributed by atoms with Gasteiger partial charge in [0.05, 0.1) is 6.61 Å². The SMILES string of the molecule is CCOOC(=O)C(C)O. The van der Waals surface area contributed by atoms with Crippen molar-refractivity contribution in [2.24, 2.45) is 0 Å². The zero-order valence-electron chi connectivity index (χ0n) is 5.46. The molecule has 4 nitrogen and oxygen atoms in total. The van der Waals surface area contributed by atoms with Crippen LogP contribution in [0.4, 0.5) is 0 Å². The van der Waals surface area contributed by atoms with Crippen LogP contribution in [-0.4, -0.2) is 23.8 Å². The second kappa shape index (κ2) is 4.29. The molecule has 54 valence electrons. The molecule has 0 aromatic rings. The third-order valence-corrected chi connectivity index (χ3v) is 0.600. The Morgan fingerprint density at radius 1 is 1.78 bits per heavy atom. The lowest BCUT2D eigenvalue weighted by Crippen LogP contribution is -2.19. The fourth-order valence-electron chi connectivity index (χ4n) is 0.187. The van der Waals surface area contributed by atoms with Crippen LogP contribution in [0.3, 0.4) is 0 Å². The largest absolute Gasteiger partial charge is 0.382 e. The van der Waals surface area contributed by atoms with E-state index in [0.717, 1.165) is 0 Å². The lowest BCUT2D eigenvalue weighted by atomic mass is 10.4. The summed E-state index contributed by atoms with van der Waals surface area (Å²) in [5, 5.41) is 8.49. The quantitative estimate of drug-likeness (QED) is 0.431. The van der Waals surface area contributed by atoms with E-state index in [1.165, 1.54) is 6.92 Å². The molecule has 1 unspecified atom stereocenters. The summed E-state index contributed by atoms with van der Waals surface area (Å²) in [5.74, 6) is -0.767. The molecule has 4 heteroatoms. The van der Waals surface area contributed by atoms with Gasteiger partial charge in [-0.25, -0.2) is 4.79 Å². The number of hydrogen-bond donors (Lipinski definition) is 1. The van der Waals surface area contributed by atoms with Crippen LogP contribution < -0.4 is 0 Å². The molecule has 0 radical (unpaired) electrons. The van der Waals surface area contributed by atoms with E-state index in [4.69, 9.17) is 5.11 Å². The van der Waals surface area contributed by atoms with E-state index in [0.29, 0.717) is 6.61 Å². The normalized spacial score (nSPS) is 12.8. The first-order valence-electron chi connectivity index (χ1n) is 2.69. The van der Waals surface area contributed by atoms with Crippen LogP contribution in [0.15, 0.2) is 0 Å². The summed E-state index contributed by atoms with van der Waals surface area (Å²) in [6.07, 6.45) is -1.11. The minimum Gasteiger partial charge on any atom is -0.382 e. The maximum absolute atomic E-state index is 10.3. The Bertz CT molecular complexity index is 89.0. The average Bonchev–Trinajstić information content (AvgIpc) is 1.82. The molecule has 1 N–H and O–H groups in total. The number of carbonyl (C=O) groups is 1. The van der Waals surface area contributed by atoms with Gasteiger partial charge in [0.1, 0.15) is 0 Å². The van der Waals surface area contributed by atoms with Crippen LogP contribution in [0.25, 0.3) is 0 Å². The van der Waals surface area contributed by atoms with E-state index in [2.05, 4.69) is 9.78 Å². The number of carbonyl (C=O) groups excluding carboxylic acids is 1. The van der Waals surface area contributed by atoms with Crippen LogP contribution in [0.2, 0.25) is 0 Å². The maximum Gasteiger partial charge on any atom is 0.370 e. The van der Waals surface area contributed by atoms with Gasteiger partial charge in [0, 0.05) is 0 Å². The fraction of sp³-hybridized carbons (Fsp3) is 0.800. The monoisotopic (exact) mass is 134 g/mol. The van der Waals surface area contributed by atoms with Gasteiger partial charge in [-0.15, -0.1) is 0 Å². The molecule has 0 aliphatic heterocycles. The third kappa shape index (κ3) is 3.93. The first-order chi connectivity index (χ1) is 4.18. The van der Waals surface area contributed by atoms with E-state index in [1.807, 2.05) is 0 Å². The fourth-order valence-corrected chi connectivity index (χ4v) is 0.187. The summed E-state index contributed by atoms with van der Waals surface area (Å²) >= 11 is 0. The van der Waals surface area contributed by atoms with Gasteiger partial charge in [0.25, 0.3) is 0 Å². The highest BCUT2D eigenvalue weighted by atomic mass is 17.2. The summed E-state index contributed by atoms with van der Waals surface area (Å²) in [6.45, 7) is 3.27. The van der Waals surface area contributed by atoms with Gasteiger partial charge >= 0.3 is 5.97 Å². The lowest BCUT2D eigenvalue weighted by molar-refractivity contribution is -0.275. The van der Waals surface area contributed by atoms with Crippen molar-refractivity contribution in [3.63, 3.8) is 0 Å². The Morgan fingerprint density at radius 3 is 2.67 bits per heavy atom. The molecule has 0 aliphatic rings. The zero-order valence-corrected chi connectivity index (χ0v) is 5.46.